The van der Waals surface area contributed by atoms with Crippen molar-refractivity contribution in [3.05, 3.63) is 47.4 Å². The second kappa shape index (κ2) is 10.2. The van der Waals surface area contributed by atoms with Gasteiger partial charge in [0.25, 0.3) is 11.8 Å². The molecular weight excluding hydrogens is 522 g/mol. The summed E-state index contributed by atoms with van der Waals surface area (Å²) in [5.41, 5.74) is -0.954. The standard InChI is InChI=1S/C25H26ClN3O9/c1-12(30)35-10-16-19(36-13(2)31)17(26)23(37-16)28-11-27-18(24(34)38-25(3,4)5)20(28)29-21(32)14-8-6-7-9-15(14)22(29)33/h6-9,11,16-17,19,23H,10H2,1-5H3/t16-,17-,19-,23-/m1/s1. The largest absolute Gasteiger partial charge is 0.463 e. The van der Waals surface area contributed by atoms with Crippen LogP contribution in [0.4, 0.5) is 5.82 Å². The normalized spacial score (nSPS) is 22.8. The lowest BCUT2D eigenvalue weighted by Gasteiger charge is -2.24. The third-order valence-corrected chi connectivity index (χ3v) is 6.12. The number of carbonyl (C=O) groups is 5. The molecule has 0 spiro atoms. The number of carbonyl (C=O) groups excluding carboxylic acids is 5. The van der Waals surface area contributed by atoms with Gasteiger partial charge in [0.15, 0.2) is 23.8 Å². The number of benzene rings is 1. The average molecular weight is 548 g/mol. The molecular formula is C25H26ClN3O9. The molecule has 2 aromatic rings. The molecule has 3 heterocycles. The van der Waals surface area contributed by atoms with Gasteiger partial charge in [-0.15, -0.1) is 11.6 Å². The van der Waals surface area contributed by atoms with Gasteiger partial charge in [0.2, 0.25) is 0 Å². The highest BCUT2D eigenvalue weighted by Gasteiger charge is 2.50. The van der Waals surface area contributed by atoms with E-state index in [2.05, 4.69) is 4.98 Å². The third-order valence-electron chi connectivity index (χ3n) is 5.66. The zero-order chi connectivity index (χ0) is 27.9. The molecule has 1 fully saturated rings. The van der Waals surface area contributed by atoms with Gasteiger partial charge in [-0.25, -0.2) is 14.7 Å². The molecule has 4 atom stereocenters. The first-order valence-electron chi connectivity index (χ1n) is 11.7. The molecule has 202 valence electrons. The lowest BCUT2D eigenvalue weighted by molar-refractivity contribution is -0.155. The van der Waals surface area contributed by atoms with Crippen LogP contribution in [0.5, 0.6) is 0 Å². The number of rotatable bonds is 6. The van der Waals surface area contributed by atoms with Crippen LogP contribution in [0.25, 0.3) is 0 Å². The van der Waals surface area contributed by atoms with Gasteiger partial charge in [0, 0.05) is 13.8 Å². The summed E-state index contributed by atoms with van der Waals surface area (Å²) in [6.07, 6.45) is -2.07. The summed E-state index contributed by atoms with van der Waals surface area (Å²) in [5, 5.41) is -1.09. The van der Waals surface area contributed by atoms with E-state index in [0.717, 1.165) is 4.90 Å². The monoisotopic (exact) mass is 547 g/mol. The number of hydrogen-bond acceptors (Lipinski definition) is 10. The Morgan fingerprint density at radius 2 is 1.66 bits per heavy atom. The second-order valence-corrected chi connectivity index (χ2v) is 10.2. The summed E-state index contributed by atoms with van der Waals surface area (Å²) < 4.78 is 23.1. The van der Waals surface area contributed by atoms with Crippen molar-refractivity contribution < 1.29 is 42.9 Å². The fourth-order valence-corrected chi connectivity index (χ4v) is 4.59. The van der Waals surface area contributed by atoms with Crippen LogP contribution in [-0.4, -0.2) is 69.1 Å². The minimum Gasteiger partial charge on any atom is -0.463 e. The minimum absolute atomic E-state index is 0.140. The lowest BCUT2D eigenvalue weighted by Crippen LogP contribution is -2.37. The zero-order valence-electron chi connectivity index (χ0n) is 21.3. The van der Waals surface area contributed by atoms with Crippen molar-refractivity contribution in [3.63, 3.8) is 0 Å². The molecule has 38 heavy (non-hydrogen) atoms. The van der Waals surface area contributed by atoms with Crippen molar-refractivity contribution in [2.24, 2.45) is 0 Å². The highest BCUT2D eigenvalue weighted by Crippen LogP contribution is 2.41. The van der Waals surface area contributed by atoms with E-state index in [0.29, 0.717) is 0 Å². The molecule has 13 heteroatoms. The first-order valence-corrected chi connectivity index (χ1v) is 12.1. The molecule has 0 unspecified atom stereocenters. The van der Waals surface area contributed by atoms with Crippen LogP contribution in [0, 0.1) is 0 Å². The van der Waals surface area contributed by atoms with Crippen LogP contribution in [0.2, 0.25) is 0 Å². The number of halogens is 1. The maximum Gasteiger partial charge on any atom is 0.361 e. The molecule has 1 aromatic heterocycles. The van der Waals surface area contributed by atoms with Crippen molar-refractivity contribution >= 4 is 47.1 Å². The Morgan fingerprint density at radius 3 is 2.18 bits per heavy atom. The number of imidazole rings is 1. The minimum atomic E-state index is -1.19. The first kappa shape index (κ1) is 27.3. The van der Waals surface area contributed by atoms with E-state index in [9.17, 15) is 24.0 Å². The van der Waals surface area contributed by atoms with Crippen LogP contribution in [0.1, 0.15) is 72.1 Å². The van der Waals surface area contributed by atoms with E-state index in [-0.39, 0.29) is 29.2 Å². The van der Waals surface area contributed by atoms with Gasteiger partial charge < -0.3 is 18.9 Å². The van der Waals surface area contributed by atoms with Gasteiger partial charge in [-0.3, -0.25) is 23.7 Å². The number of anilines is 1. The quantitative estimate of drug-likeness (QED) is 0.229. The predicted octanol–water partition coefficient (Wildman–Crippen LogP) is 2.64. The fraction of sp³-hybridized carbons (Fsp3) is 0.440. The average Bonchev–Trinajstić information content (AvgIpc) is 3.45. The molecule has 2 amide bonds. The number of hydrogen-bond donors (Lipinski definition) is 0. The SMILES string of the molecule is CC(=O)OC[C@H]1O[C@@H](n2cnc(C(=O)OC(C)(C)C)c2N2C(=O)c3ccccc3C2=O)[C@H](Cl)[C@@H]1OC(C)=O. The number of alkyl halides is 1. The van der Waals surface area contributed by atoms with Crippen LogP contribution < -0.4 is 4.90 Å². The number of nitrogens with zero attached hydrogens (tertiary/aromatic N) is 3. The Morgan fingerprint density at radius 1 is 1.05 bits per heavy atom. The van der Waals surface area contributed by atoms with Crippen LogP contribution in [-0.2, 0) is 28.5 Å². The number of fused-ring (bicyclic) bond motifs is 1. The number of esters is 3. The summed E-state index contributed by atoms with van der Waals surface area (Å²) in [6.45, 7) is 7.06. The number of amides is 2. The van der Waals surface area contributed by atoms with Crippen molar-refractivity contribution in [2.75, 3.05) is 11.5 Å². The van der Waals surface area contributed by atoms with Crippen molar-refractivity contribution in [1.82, 2.24) is 9.55 Å². The molecule has 1 saturated heterocycles. The summed E-state index contributed by atoms with van der Waals surface area (Å²) >= 11 is 6.67. The Labute approximate surface area is 222 Å². The number of aromatic nitrogens is 2. The Kier molecular flexibility index (Phi) is 7.31. The van der Waals surface area contributed by atoms with Crippen molar-refractivity contribution in [1.29, 1.82) is 0 Å². The molecule has 2 aliphatic heterocycles. The molecule has 0 aliphatic carbocycles. The summed E-state index contributed by atoms with van der Waals surface area (Å²) in [7, 11) is 0. The van der Waals surface area contributed by atoms with Gasteiger partial charge in [0.1, 0.15) is 23.7 Å². The van der Waals surface area contributed by atoms with E-state index in [1.165, 1.54) is 36.9 Å². The van der Waals surface area contributed by atoms with Crippen LogP contribution in [0.15, 0.2) is 30.6 Å². The second-order valence-electron chi connectivity index (χ2n) is 9.70. The topological polar surface area (TPSA) is 143 Å². The van der Waals surface area contributed by atoms with E-state index < -0.39 is 59.1 Å². The fourth-order valence-electron chi connectivity index (χ4n) is 4.20. The van der Waals surface area contributed by atoms with Gasteiger partial charge in [0.05, 0.1) is 17.5 Å². The number of ether oxygens (including phenoxy) is 4. The smallest absolute Gasteiger partial charge is 0.361 e. The maximum atomic E-state index is 13.4. The van der Waals surface area contributed by atoms with Gasteiger partial charge in [-0.1, -0.05) is 12.1 Å². The van der Waals surface area contributed by atoms with Gasteiger partial charge >= 0.3 is 17.9 Å². The lowest BCUT2D eigenvalue weighted by atomic mass is 10.1. The Hall–Kier alpha value is -3.77. The highest BCUT2D eigenvalue weighted by atomic mass is 35.5. The highest BCUT2D eigenvalue weighted by molar-refractivity contribution is 6.35. The van der Waals surface area contributed by atoms with Crippen LogP contribution >= 0.6 is 11.6 Å². The van der Waals surface area contributed by atoms with Crippen molar-refractivity contribution in [3.8, 4) is 0 Å². The first-order chi connectivity index (χ1) is 17.8. The molecule has 0 bridgehead atoms. The predicted molar refractivity (Wildman–Crippen MR) is 131 cm³/mol. The van der Waals surface area contributed by atoms with Gasteiger partial charge in [-0.05, 0) is 32.9 Å². The molecule has 12 nitrogen and oxygen atoms in total. The van der Waals surface area contributed by atoms with E-state index in [1.807, 2.05) is 0 Å². The third kappa shape index (κ3) is 5.14. The molecule has 0 saturated carbocycles. The van der Waals surface area contributed by atoms with Gasteiger partial charge in [-0.2, -0.15) is 0 Å². The Bertz CT molecular complexity index is 1280. The molecule has 0 radical (unpaired) electrons. The van der Waals surface area contributed by atoms with Crippen molar-refractivity contribution in [2.45, 2.75) is 64.0 Å². The molecule has 2 aliphatic rings. The molecule has 4 rings (SSSR count). The van der Waals surface area contributed by atoms with E-state index in [4.69, 9.17) is 30.5 Å². The summed E-state index contributed by atoms with van der Waals surface area (Å²) in [5.74, 6) is -3.73. The number of imide groups is 1. The Balaban J connectivity index is 1.81. The van der Waals surface area contributed by atoms with E-state index >= 15 is 0 Å². The molecule has 1 aromatic carbocycles. The van der Waals surface area contributed by atoms with E-state index in [1.54, 1.807) is 32.9 Å². The zero-order valence-corrected chi connectivity index (χ0v) is 22.1. The van der Waals surface area contributed by atoms with Crippen LogP contribution in [0.3, 0.4) is 0 Å². The summed E-state index contributed by atoms with van der Waals surface area (Å²) in [6, 6.07) is 6.20. The maximum absolute atomic E-state index is 13.4. The molecule has 0 N–H and O–H groups in total. The summed E-state index contributed by atoms with van der Waals surface area (Å²) in [4.78, 5) is 68.0.